The topological polar surface area (TPSA) is 43.6 Å². The molecule has 0 saturated heterocycles. The van der Waals surface area contributed by atoms with E-state index in [1.807, 2.05) is 11.6 Å². The Morgan fingerprint density at radius 3 is 2.60 bits per heavy atom. The van der Waals surface area contributed by atoms with Crippen molar-refractivity contribution in [2.45, 2.75) is 18.7 Å². The van der Waals surface area contributed by atoms with Crippen LogP contribution in [0.5, 0.6) is 0 Å². The van der Waals surface area contributed by atoms with E-state index in [4.69, 9.17) is 0 Å². The first-order valence-corrected chi connectivity index (χ1v) is 13.3. The normalized spacial score (nSPS) is 11.6. The predicted octanol–water partition coefficient (Wildman–Crippen LogP) is 4.71. The number of para-hydroxylation sites is 1. The average molecular weight is 472 g/mol. The molecular weight excluding hydrogens is 451 g/mol. The molecule has 5 aromatic rings. The van der Waals surface area contributed by atoms with Crippen molar-refractivity contribution in [1.29, 1.82) is 0 Å². The molecule has 0 saturated carbocycles. The van der Waals surface area contributed by atoms with Gasteiger partial charge >= 0.3 is 187 Å². The Morgan fingerprint density at radius 1 is 0.933 bits per heavy atom. The Kier molecular flexibility index (Phi) is 5.48. The van der Waals surface area contributed by atoms with Gasteiger partial charge in [0.2, 0.25) is 0 Å². The molecule has 0 N–H and O–H groups in total. The number of fused-ring (bicyclic) bond motifs is 1. The van der Waals surface area contributed by atoms with Crippen LogP contribution in [0.4, 0.5) is 0 Å². The third kappa shape index (κ3) is 3.96. The van der Waals surface area contributed by atoms with Crippen molar-refractivity contribution in [3.05, 3.63) is 84.3 Å². The molecule has 0 aliphatic carbocycles. The SMILES string of the molecule is Cc1cc2ccccc2n1CC[AsH]c1cc(-c2ccc(-c3nccs3)cc2)ncn1. The van der Waals surface area contributed by atoms with Crippen molar-refractivity contribution in [2.75, 3.05) is 0 Å². The van der Waals surface area contributed by atoms with Gasteiger partial charge < -0.3 is 0 Å². The molecule has 0 spiro atoms. The zero-order chi connectivity index (χ0) is 20.3. The zero-order valence-electron chi connectivity index (χ0n) is 16.6. The number of benzene rings is 2. The number of thiazole rings is 1. The minimum absolute atomic E-state index is 0.325. The first kappa shape index (κ1) is 19.2. The fraction of sp³-hybridized carbons (Fsp3) is 0.125. The Labute approximate surface area is 186 Å². The average Bonchev–Trinajstić information content (AvgIpc) is 3.43. The van der Waals surface area contributed by atoms with Gasteiger partial charge in [-0.1, -0.05) is 0 Å². The quantitative estimate of drug-likeness (QED) is 0.336. The summed E-state index contributed by atoms with van der Waals surface area (Å²) in [4.78, 5) is 13.4. The van der Waals surface area contributed by atoms with E-state index in [1.165, 1.54) is 26.3 Å². The molecule has 4 nitrogen and oxygen atoms in total. The Bertz CT molecular complexity index is 1280. The molecule has 5 rings (SSSR count). The summed E-state index contributed by atoms with van der Waals surface area (Å²) < 4.78 is 3.64. The second kappa shape index (κ2) is 8.55. The summed E-state index contributed by atoms with van der Waals surface area (Å²) in [7, 11) is 0. The number of rotatable bonds is 6. The van der Waals surface area contributed by atoms with E-state index in [-0.39, 0.29) is 15.8 Å². The summed E-state index contributed by atoms with van der Waals surface area (Å²) in [6.07, 6.45) is 3.55. The molecule has 3 aromatic heterocycles. The molecule has 3 heterocycles. The maximum absolute atomic E-state index is 4.55. The number of hydrogen-bond acceptors (Lipinski definition) is 4. The van der Waals surface area contributed by atoms with Crippen LogP contribution < -0.4 is 4.48 Å². The van der Waals surface area contributed by atoms with Gasteiger partial charge in [0.1, 0.15) is 0 Å². The van der Waals surface area contributed by atoms with Gasteiger partial charge in [-0.2, -0.15) is 0 Å². The van der Waals surface area contributed by atoms with Crippen molar-refractivity contribution >= 4 is 42.5 Å². The van der Waals surface area contributed by atoms with Gasteiger partial charge in [-0.05, 0) is 0 Å². The van der Waals surface area contributed by atoms with Crippen LogP contribution in [0.25, 0.3) is 32.7 Å². The van der Waals surface area contributed by atoms with Gasteiger partial charge in [0.15, 0.2) is 0 Å². The maximum atomic E-state index is 4.55. The second-order valence-electron chi connectivity index (χ2n) is 7.13. The summed E-state index contributed by atoms with van der Waals surface area (Å²) in [6.45, 7) is 3.24. The molecule has 2 aromatic carbocycles. The van der Waals surface area contributed by atoms with Crippen LogP contribution in [0, 0.1) is 6.92 Å². The predicted molar refractivity (Wildman–Crippen MR) is 127 cm³/mol. The van der Waals surface area contributed by atoms with Crippen molar-refractivity contribution < 1.29 is 0 Å². The van der Waals surface area contributed by atoms with E-state index < -0.39 is 0 Å². The molecule has 6 heteroatoms. The number of nitrogens with zero attached hydrogens (tertiary/aromatic N) is 4. The fourth-order valence-corrected chi connectivity index (χ4v) is 6.40. The van der Waals surface area contributed by atoms with E-state index in [0.29, 0.717) is 0 Å². The van der Waals surface area contributed by atoms with Gasteiger partial charge in [0, 0.05) is 0 Å². The van der Waals surface area contributed by atoms with E-state index in [1.54, 1.807) is 17.7 Å². The van der Waals surface area contributed by atoms with Gasteiger partial charge in [0.05, 0.1) is 0 Å². The first-order chi connectivity index (χ1) is 14.8. The van der Waals surface area contributed by atoms with Crippen LogP contribution in [-0.4, -0.2) is 35.3 Å². The molecule has 1 atom stereocenters. The van der Waals surface area contributed by atoms with E-state index in [2.05, 4.69) is 87.1 Å². The molecule has 0 aliphatic rings. The van der Waals surface area contributed by atoms with Crippen LogP contribution in [-0.2, 0) is 6.54 Å². The van der Waals surface area contributed by atoms with Crippen LogP contribution in [0.1, 0.15) is 5.69 Å². The standard InChI is InChI=1S/C24H21AsN4S/c1-17-14-20-4-2-3-5-22(20)29(17)12-10-25-23-15-21(27-16-28-23)18-6-8-19(9-7-18)24-26-11-13-30-24/h2-9,11,13-16,25H,10,12H2,1H3. The van der Waals surface area contributed by atoms with Gasteiger partial charge in [0.25, 0.3) is 0 Å². The third-order valence-electron chi connectivity index (χ3n) is 5.19. The Hall–Kier alpha value is -2.75. The van der Waals surface area contributed by atoms with Crippen LogP contribution in [0.2, 0.25) is 5.21 Å². The van der Waals surface area contributed by atoms with Crippen molar-refractivity contribution in [3.8, 4) is 21.8 Å². The van der Waals surface area contributed by atoms with Gasteiger partial charge in [-0.15, -0.1) is 0 Å². The molecule has 148 valence electrons. The van der Waals surface area contributed by atoms with E-state index in [9.17, 15) is 0 Å². The minimum atomic E-state index is -0.325. The summed E-state index contributed by atoms with van der Waals surface area (Å²) in [6, 6.07) is 21.5. The first-order valence-electron chi connectivity index (χ1n) is 9.89. The van der Waals surface area contributed by atoms with Crippen LogP contribution in [0.3, 0.4) is 0 Å². The molecule has 0 bridgehead atoms. The Morgan fingerprint density at radius 2 is 1.77 bits per heavy atom. The molecule has 0 aliphatic heterocycles. The fourth-order valence-electron chi connectivity index (χ4n) is 3.70. The van der Waals surface area contributed by atoms with Gasteiger partial charge in [-0.25, -0.2) is 0 Å². The van der Waals surface area contributed by atoms with Crippen LogP contribution in [0.15, 0.2) is 78.6 Å². The Balaban J connectivity index is 1.29. The second-order valence-corrected chi connectivity index (χ2v) is 10.9. The van der Waals surface area contributed by atoms with E-state index in [0.717, 1.165) is 28.4 Å². The zero-order valence-corrected chi connectivity index (χ0v) is 19.5. The summed E-state index contributed by atoms with van der Waals surface area (Å²) in [5.74, 6) is 0. The molecular formula is C24H21AsN4S. The van der Waals surface area contributed by atoms with Crippen LogP contribution >= 0.6 is 11.3 Å². The van der Waals surface area contributed by atoms with Crippen molar-refractivity contribution in [3.63, 3.8) is 0 Å². The molecule has 30 heavy (non-hydrogen) atoms. The molecule has 1 unspecified atom stereocenters. The molecule has 0 radical (unpaired) electrons. The summed E-state index contributed by atoms with van der Waals surface area (Å²) in [5.41, 5.74) is 5.91. The van der Waals surface area contributed by atoms with E-state index >= 15 is 0 Å². The monoisotopic (exact) mass is 472 g/mol. The number of hydrogen-bond donors (Lipinski definition) is 0. The number of aromatic nitrogens is 4. The van der Waals surface area contributed by atoms with Crippen molar-refractivity contribution in [1.82, 2.24) is 19.5 Å². The van der Waals surface area contributed by atoms with Gasteiger partial charge in [-0.3, -0.25) is 0 Å². The summed E-state index contributed by atoms with van der Waals surface area (Å²) in [5, 5.41) is 5.53. The molecule has 0 fully saturated rings. The third-order valence-corrected chi connectivity index (χ3v) is 8.34. The number of aryl methyl sites for hydroxylation is 2. The molecule has 0 amide bonds. The summed E-state index contributed by atoms with van der Waals surface area (Å²) >= 11 is 1.33. The van der Waals surface area contributed by atoms with Crippen molar-refractivity contribution in [2.24, 2.45) is 0 Å².